The molecule has 0 bridgehead atoms. The summed E-state index contributed by atoms with van der Waals surface area (Å²) in [6, 6.07) is 2.98. The molecule has 0 aliphatic heterocycles. The molecule has 1 unspecified atom stereocenters. The number of benzene rings is 1. The van der Waals surface area contributed by atoms with Crippen molar-refractivity contribution in [2.75, 3.05) is 6.61 Å². The van der Waals surface area contributed by atoms with Crippen molar-refractivity contribution in [3.8, 4) is 11.5 Å². The highest BCUT2D eigenvalue weighted by Gasteiger charge is 2.32. The van der Waals surface area contributed by atoms with Crippen molar-refractivity contribution < 1.29 is 36.6 Å². The zero-order chi connectivity index (χ0) is 15.3. The summed E-state index contributed by atoms with van der Waals surface area (Å²) in [6.07, 6.45) is -7.21. The smallest absolute Gasteiger partial charge is 0.461 e. The van der Waals surface area contributed by atoms with Gasteiger partial charge >= 0.3 is 18.7 Å². The molecule has 0 saturated carbocycles. The molecule has 0 radical (unpaired) electrons. The summed E-state index contributed by atoms with van der Waals surface area (Å²) in [5.41, 5.74) is 0. The summed E-state index contributed by atoms with van der Waals surface area (Å²) in [6.45, 7) is 1.47. The van der Waals surface area contributed by atoms with Gasteiger partial charge in [-0.25, -0.2) is 4.79 Å². The average molecular weight is 361 g/mol. The highest BCUT2D eigenvalue weighted by molar-refractivity contribution is 9.10. The Balaban J connectivity index is 2.75. The lowest BCUT2D eigenvalue weighted by molar-refractivity contribution is -0.274. The molecule has 4 nitrogen and oxygen atoms in total. The van der Waals surface area contributed by atoms with E-state index in [1.807, 2.05) is 0 Å². The van der Waals surface area contributed by atoms with Gasteiger partial charge in [0.2, 0.25) is 0 Å². The maximum atomic E-state index is 13.2. The van der Waals surface area contributed by atoms with Gasteiger partial charge < -0.3 is 14.2 Å². The van der Waals surface area contributed by atoms with Crippen LogP contribution in [0.1, 0.15) is 6.92 Å². The van der Waals surface area contributed by atoms with E-state index in [4.69, 9.17) is 0 Å². The van der Waals surface area contributed by atoms with Crippen LogP contribution in [-0.4, -0.2) is 25.3 Å². The number of rotatable bonds is 5. The fourth-order valence-electron chi connectivity index (χ4n) is 1.14. The number of ether oxygens (including phenoxy) is 3. The van der Waals surface area contributed by atoms with Gasteiger partial charge in [-0.2, -0.15) is 4.39 Å². The zero-order valence-corrected chi connectivity index (χ0v) is 11.6. The number of esters is 1. The summed E-state index contributed by atoms with van der Waals surface area (Å²) >= 11 is 2.81. The standard InChI is InChI=1S/C11H9BrF4O4/c1-2-18-10(17)9(13)19-6-3-4-8(7(12)5-6)20-11(14,15)16/h3-5,9H,2H2,1H3. The van der Waals surface area contributed by atoms with Crippen molar-refractivity contribution in [2.45, 2.75) is 19.6 Å². The SMILES string of the molecule is CCOC(=O)C(F)Oc1ccc(OC(F)(F)F)c(Br)c1. The Bertz CT molecular complexity index is 478. The summed E-state index contributed by atoms with van der Waals surface area (Å²) in [7, 11) is 0. The fraction of sp³-hybridized carbons (Fsp3) is 0.364. The van der Waals surface area contributed by atoms with E-state index in [0.717, 1.165) is 18.2 Å². The third-order valence-corrected chi connectivity index (χ3v) is 2.46. The van der Waals surface area contributed by atoms with Crippen LogP contribution in [-0.2, 0) is 9.53 Å². The first kappa shape index (κ1) is 16.5. The topological polar surface area (TPSA) is 44.8 Å². The molecule has 0 aliphatic rings. The largest absolute Gasteiger partial charge is 0.573 e. The van der Waals surface area contributed by atoms with E-state index in [1.165, 1.54) is 6.92 Å². The Morgan fingerprint density at radius 1 is 1.40 bits per heavy atom. The van der Waals surface area contributed by atoms with Crippen LogP contribution < -0.4 is 9.47 Å². The summed E-state index contributed by atoms with van der Waals surface area (Å²) in [5.74, 6) is -1.90. The number of alkyl halides is 4. The lowest BCUT2D eigenvalue weighted by Gasteiger charge is -2.13. The third kappa shape index (κ3) is 5.24. The van der Waals surface area contributed by atoms with E-state index in [2.05, 4.69) is 30.1 Å². The summed E-state index contributed by atoms with van der Waals surface area (Å²) in [4.78, 5) is 11.0. The molecule has 0 spiro atoms. The number of carbonyl (C=O) groups is 1. The van der Waals surface area contributed by atoms with E-state index < -0.39 is 24.4 Å². The van der Waals surface area contributed by atoms with Gasteiger partial charge in [-0.05, 0) is 41.1 Å². The van der Waals surface area contributed by atoms with Crippen molar-refractivity contribution in [3.63, 3.8) is 0 Å². The Kier molecular flexibility index (Phi) is 5.61. The highest BCUT2D eigenvalue weighted by atomic mass is 79.9. The van der Waals surface area contributed by atoms with Crippen LogP contribution in [0.15, 0.2) is 22.7 Å². The number of hydrogen-bond donors (Lipinski definition) is 0. The van der Waals surface area contributed by atoms with E-state index in [-0.39, 0.29) is 16.8 Å². The van der Waals surface area contributed by atoms with E-state index in [9.17, 15) is 22.4 Å². The minimum absolute atomic E-state index is 0.0231. The van der Waals surface area contributed by atoms with Gasteiger partial charge in [0, 0.05) is 0 Å². The van der Waals surface area contributed by atoms with Crippen LogP contribution in [0.4, 0.5) is 17.6 Å². The lowest BCUT2D eigenvalue weighted by Crippen LogP contribution is -2.24. The molecule has 1 aromatic carbocycles. The molecule has 0 saturated heterocycles. The van der Waals surface area contributed by atoms with Crippen molar-refractivity contribution >= 4 is 21.9 Å². The number of carbonyl (C=O) groups excluding carboxylic acids is 1. The first-order chi connectivity index (χ1) is 9.23. The monoisotopic (exact) mass is 360 g/mol. The number of halogens is 5. The lowest BCUT2D eigenvalue weighted by atomic mass is 10.3. The molecule has 112 valence electrons. The normalized spacial score (nSPS) is 12.7. The molecular weight excluding hydrogens is 352 g/mol. The predicted molar refractivity (Wildman–Crippen MR) is 63.0 cm³/mol. The van der Waals surface area contributed by atoms with Crippen LogP contribution in [0.5, 0.6) is 11.5 Å². The van der Waals surface area contributed by atoms with Crippen molar-refractivity contribution in [1.82, 2.24) is 0 Å². The van der Waals surface area contributed by atoms with E-state index >= 15 is 0 Å². The Morgan fingerprint density at radius 2 is 2.05 bits per heavy atom. The molecule has 0 heterocycles. The molecule has 0 aliphatic carbocycles. The first-order valence-corrected chi connectivity index (χ1v) is 6.05. The van der Waals surface area contributed by atoms with Crippen LogP contribution in [0.25, 0.3) is 0 Å². The predicted octanol–water partition coefficient (Wildman–Crippen LogP) is 3.59. The summed E-state index contributed by atoms with van der Waals surface area (Å²) in [5, 5.41) is 0. The molecule has 0 N–H and O–H groups in total. The number of hydrogen-bond acceptors (Lipinski definition) is 4. The zero-order valence-electron chi connectivity index (χ0n) is 10.0. The first-order valence-electron chi connectivity index (χ1n) is 5.25. The van der Waals surface area contributed by atoms with Crippen LogP contribution in [0, 0.1) is 0 Å². The van der Waals surface area contributed by atoms with Crippen LogP contribution in [0.2, 0.25) is 0 Å². The minimum Gasteiger partial charge on any atom is -0.461 e. The van der Waals surface area contributed by atoms with Crippen molar-refractivity contribution in [1.29, 1.82) is 0 Å². The van der Waals surface area contributed by atoms with Crippen LogP contribution in [0.3, 0.4) is 0 Å². The fourth-order valence-corrected chi connectivity index (χ4v) is 1.58. The second kappa shape index (κ2) is 6.78. The highest BCUT2D eigenvalue weighted by Crippen LogP contribution is 2.33. The average Bonchev–Trinajstić information content (AvgIpc) is 2.31. The second-order valence-corrected chi connectivity index (χ2v) is 4.18. The van der Waals surface area contributed by atoms with Gasteiger partial charge in [0.05, 0.1) is 11.1 Å². The molecule has 9 heteroatoms. The van der Waals surface area contributed by atoms with E-state index in [0.29, 0.717) is 0 Å². The molecule has 0 fully saturated rings. The van der Waals surface area contributed by atoms with Crippen LogP contribution >= 0.6 is 15.9 Å². The quantitative estimate of drug-likeness (QED) is 0.594. The third-order valence-electron chi connectivity index (χ3n) is 1.84. The minimum atomic E-state index is -4.85. The molecule has 0 aromatic heterocycles. The van der Waals surface area contributed by atoms with Gasteiger partial charge in [-0.3, -0.25) is 0 Å². The Labute approximate surface area is 119 Å². The Morgan fingerprint density at radius 3 is 2.55 bits per heavy atom. The van der Waals surface area contributed by atoms with Gasteiger partial charge in [-0.15, -0.1) is 13.2 Å². The van der Waals surface area contributed by atoms with Gasteiger partial charge in [0.25, 0.3) is 0 Å². The molecule has 20 heavy (non-hydrogen) atoms. The van der Waals surface area contributed by atoms with E-state index in [1.54, 1.807) is 0 Å². The van der Waals surface area contributed by atoms with Gasteiger partial charge in [0.15, 0.2) is 0 Å². The molecular formula is C11H9BrF4O4. The molecule has 1 atom stereocenters. The van der Waals surface area contributed by atoms with Gasteiger partial charge in [-0.1, -0.05) is 0 Å². The van der Waals surface area contributed by atoms with Gasteiger partial charge in [0.1, 0.15) is 11.5 Å². The molecule has 1 rings (SSSR count). The maximum Gasteiger partial charge on any atom is 0.573 e. The van der Waals surface area contributed by atoms with Crippen molar-refractivity contribution in [2.24, 2.45) is 0 Å². The Hall–Kier alpha value is -1.51. The molecule has 0 amide bonds. The second-order valence-electron chi connectivity index (χ2n) is 3.33. The van der Waals surface area contributed by atoms with Crippen molar-refractivity contribution in [3.05, 3.63) is 22.7 Å². The maximum absolute atomic E-state index is 13.2. The molecule has 1 aromatic rings. The summed E-state index contributed by atoms with van der Waals surface area (Å²) < 4.78 is 61.9.